The molecule has 0 aliphatic carbocycles. The second-order valence-corrected chi connectivity index (χ2v) is 8.14. The molecule has 128 valence electrons. The normalized spacial score (nSPS) is 23.4. The van der Waals surface area contributed by atoms with Crippen molar-refractivity contribution in [3.8, 4) is 0 Å². The maximum atomic E-state index is 13.0. The van der Waals surface area contributed by atoms with Crippen LogP contribution in [-0.2, 0) is 14.8 Å². The SMILES string of the molecule is Cc1noc(C)c1S(=O)(=O)N1CCC[C@@H]1C(=O)N1CCCCC1. The van der Waals surface area contributed by atoms with Crippen LogP contribution in [0.25, 0.3) is 0 Å². The molecule has 8 heteroatoms. The second-order valence-electron chi connectivity index (χ2n) is 6.31. The fourth-order valence-electron chi connectivity index (χ4n) is 3.56. The van der Waals surface area contributed by atoms with Crippen LogP contribution in [0.3, 0.4) is 0 Å². The maximum Gasteiger partial charge on any atom is 0.249 e. The van der Waals surface area contributed by atoms with Crippen LogP contribution in [-0.4, -0.2) is 54.4 Å². The molecule has 0 radical (unpaired) electrons. The van der Waals surface area contributed by atoms with E-state index >= 15 is 0 Å². The minimum absolute atomic E-state index is 0.0578. The van der Waals surface area contributed by atoms with Crippen LogP contribution in [0.1, 0.15) is 43.6 Å². The van der Waals surface area contributed by atoms with E-state index in [1.807, 2.05) is 4.90 Å². The molecule has 1 aromatic heterocycles. The maximum absolute atomic E-state index is 13.0. The highest BCUT2D eigenvalue weighted by atomic mass is 32.2. The number of hydrogen-bond acceptors (Lipinski definition) is 5. The summed E-state index contributed by atoms with van der Waals surface area (Å²) >= 11 is 0. The van der Waals surface area contributed by atoms with Gasteiger partial charge in [-0.1, -0.05) is 5.16 Å². The number of nitrogens with zero attached hydrogens (tertiary/aromatic N) is 3. The zero-order valence-corrected chi connectivity index (χ0v) is 14.4. The summed E-state index contributed by atoms with van der Waals surface area (Å²) in [6.07, 6.45) is 4.41. The Balaban J connectivity index is 1.87. The first-order valence-corrected chi connectivity index (χ1v) is 9.60. The zero-order valence-electron chi connectivity index (χ0n) is 13.6. The van der Waals surface area contributed by atoms with Crippen LogP contribution >= 0.6 is 0 Å². The minimum Gasteiger partial charge on any atom is -0.360 e. The Kier molecular flexibility index (Phi) is 4.46. The van der Waals surface area contributed by atoms with Crippen molar-refractivity contribution in [3.63, 3.8) is 0 Å². The molecule has 2 aliphatic rings. The van der Waals surface area contributed by atoms with Gasteiger partial charge in [0.1, 0.15) is 16.6 Å². The smallest absolute Gasteiger partial charge is 0.249 e. The molecule has 7 nitrogen and oxygen atoms in total. The first kappa shape index (κ1) is 16.4. The van der Waals surface area contributed by atoms with E-state index in [4.69, 9.17) is 4.52 Å². The van der Waals surface area contributed by atoms with Gasteiger partial charge in [-0.25, -0.2) is 8.42 Å². The number of amides is 1. The standard InChI is InChI=1S/C15H23N3O4S/c1-11-14(12(2)22-16-11)23(20,21)18-10-6-7-13(18)15(19)17-8-4-3-5-9-17/h13H,3-10H2,1-2H3/t13-/m1/s1. The van der Waals surface area contributed by atoms with Crippen molar-refractivity contribution in [2.75, 3.05) is 19.6 Å². The monoisotopic (exact) mass is 341 g/mol. The van der Waals surface area contributed by atoms with Crippen LogP contribution < -0.4 is 0 Å². The van der Waals surface area contributed by atoms with E-state index in [-0.39, 0.29) is 16.6 Å². The molecule has 2 aliphatic heterocycles. The molecular formula is C15H23N3O4S. The molecule has 0 saturated carbocycles. The summed E-state index contributed by atoms with van der Waals surface area (Å²) in [5.74, 6) is 0.219. The molecule has 0 aromatic carbocycles. The summed E-state index contributed by atoms with van der Waals surface area (Å²) < 4.78 is 32.3. The number of aryl methyl sites for hydroxylation is 2. The number of carbonyl (C=O) groups is 1. The van der Waals surface area contributed by atoms with E-state index in [9.17, 15) is 13.2 Å². The number of carbonyl (C=O) groups excluding carboxylic acids is 1. The van der Waals surface area contributed by atoms with Gasteiger partial charge in [0.2, 0.25) is 15.9 Å². The van der Waals surface area contributed by atoms with Gasteiger partial charge in [-0.15, -0.1) is 0 Å². The van der Waals surface area contributed by atoms with E-state index < -0.39 is 16.1 Å². The van der Waals surface area contributed by atoms with Crippen LogP contribution in [0, 0.1) is 13.8 Å². The summed E-state index contributed by atoms with van der Waals surface area (Å²) in [6.45, 7) is 5.03. The first-order chi connectivity index (χ1) is 10.9. The lowest BCUT2D eigenvalue weighted by Crippen LogP contribution is -2.49. The summed E-state index contributed by atoms with van der Waals surface area (Å²) in [7, 11) is -3.76. The van der Waals surface area contributed by atoms with Gasteiger partial charge in [-0.2, -0.15) is 4.31 Å². The predicted octanol–water partition coefficient (Wildman–Crippen LogP) is 1.46. The van der Waals surface area contributed by atoms with Gasteiger partial charge in [-0.05, 0) is 46.0 Å². The highest BCUT2D eigenvalue weighted by molar-refractivity contribution is 7.89. The molecular weight excluding hydrogens is 318 g/mol. The zero-order chi connectivity index (χ0) is 16.6. The average Bonchev–Trinajstić information content (AvgIpc) is 3.15. The number of aromatic nitrogens is 1. The number of piperidine rings is 1. The van der Waals surface area contributed by atoms with E-state index in [2.05, 4.69) is 5.16 Å². The van der Waals surface area contributed by atoms with Crippen molar-refractivity contribution in [2.24, 2.45) is 0 Å². The second kappa shape index (κ2) is 6.24. The molecule has 0 bridgehead atoms. The van der Waals surface area contributed by atoms with Crippen molar-refractivity contribution < 1.29 is 17.7 Å². The quantitative estimate of drug-likeness (QED) is 0.831. The molecule has 1 aromatic rings. The third-order valence-electron chi connectivity index (χ3n) is 4.69. The van der Waals surface area contributed by atoms with E-state index in [1.54, 1.807) is 13.8 Å². The fourth-order valence-corrected chi connectivity index (χ4v) is 5.51. The Hall–Kier alpha value is -1.41. The van der Waals surface area contributed by atoms with Crippen LogP contribution in [0.2, 0.25) is 0 Å². The summed E-state index contributed by atoms with van der Waals surface area (Å²) in [5, 5.41) is 3.74. The Morgan fingerprint density at radius 2 is 1.83 bits per heavy atom. The highest BCUT2D eigenvalue weighted by Gasteiger charge is 2.43. The van der Waals surface area contributed by atoms with Crippen LogP contribution in [0.4, 0.5) is 0 Å². The highest BCUT2D eigenvalue weighted by Crippen LogP contribution is 2.31. The lowest BCUT2D eigenvalue weighted by atomic mass is 10.1. The molecule has 1 amide bonds. The summed E-state index contributed by atoms with van der Waals surface area (Å²) in [5.41, 5.74) is 0.346. The first-order valence-electron chi connectivity index (χ1n) is 8.16. The number of rotatable bonds is 3. The Morgan fingerprint density at radius 1 is 1.13 bits per heavy atom. The molecule has 1 atom stereocenters. The third kappa shape index (κ3) is 2.89. The third-order valence-corrected chi connectivity index (χ3v) is 6.84. The van der Waals surface area contributed by atoms with Crippen molar-refractivity contribution >= 4 is 15.9 Å². The predicted molar refractivity (Wildman–Crippen MR) is 83.3 cm³/mol. The summed E-state index contributed by atoms with van der Waals surface area (Å²) in [6, 6.07) is -0.591. The largest absolute Gasteiger partial charge is 0.360 e. The Morgan fingerprint density at radius 3 is 2.43 bits per heavy atom. The topological polar surface area (TPSA) is 83.7 Å². The molecule has 3 heterocycles. The van der Waals surface area contributed by atoms with Crippen molar-refractivity contribution in [3.05, 3.63) is 11.5 Å². The molecule has 0 N–H and O–H groups in total. The number of sulfonamides is 1. The molecule has 2 saturated heterocycles. The van der Waals surface area contributed by atoms with Gasteiger partial charge in [0.05, 0.1) is 0 Å². The number of likely N-dealkylation sites (tertiary alicyclic amines) is 1. The molecule has 3 rings (SSSR count). The van der Waals surface area contributed by atoms with E-state index in [0.29, 0.717) is 25.1 Å². The molecule has 23 heavy (non-hydrogen) atoms. The lowest BCUT2D eigenvalue weighted by Gasteiger charge is -2.32. The molecule has 0 unspecified atom stereocenters. The van der Waals surface area contributed by atoms with E-state index in [0.717, 1.165) is 32.4 Å². The van der Waals surface area contributed by atoms with Gasteiger partial charge in [0.15, 0.2) is 5.76 Å². The minimum atomic E-state index is -3.76. The summed E-state index contributed by atoms with van der Waals surface area (Å²) in [4.78, 5) is 14.7. The van der Waals surface area contributed by atoms with Crippen LogP contribution in [0.15, 0.2) is 9.42 Å². The van der Waals surface area contributed by atoms with Crippen molar-refractivity contribution in [1.82, 2.24) is 14.4 Å². The molecule has 0 spiro atoms. The van der Waals surface area contributed by atoms with Gasteiger partial charge >= 0.3 is 0 Å². The fraction of sp³-hybridized carbons (Fsp3) is 0.733. The van der Waals surface area contributed by atoms with Gasteiger partial charge in [0.25, 0.3) is 0 Å². The van der Waals surface area contributed by atoms with Gasteiger partial charge < -0.3 is 9.42 Å². The Bertz CT molecular complexity index is 672. The average molecular weight is 341 g/mol. The number of hydrogen-bond donors (Lipinski definition) is 0. The van der Waals surface area contributed by atoms with Gasteiger partial charge in [-0.3, -0.25) is 4.79 Å². The van der Waals surface area contributed by atoms with Crippen molar-refractivity contribution in [1.29, 1.82) is 0 Å². The lowest BCUT2D eigenvalue weighted by molar-refractivity contribution is -0.135. The molecule has 2 fully saturated rings. The van der Waals surface area contributed by atoms with Crippen LogP contribution in [0.5, 0.6) is 0 Å². The Labute approximate surface area is 136 Å². The van der Waals surface area contributed by atoms with Crippen molar-refractivity contribution in [2.45, 2.75) is 56.9 Å². The van der Waals surface area contributed by atoms with Gasteiger partial charge in [0, 0.05) is 19.6 Å². The van der Waals surface area contributed by atoms with E-state index in [1.165, 1.54) is 4.31 Å².